The molecule has 0 aliphatic heterocycles. The molecule has 114 valence electrons. The lowest BCUT2D eigenvalue weighted by Gasteiger charge is -2.09. The van der Waals surface area contributed by atoms with E-state index < -0.39 is 0 Å². The Morgan fingerprint density at radius 3 is 2.95 bits per heavy atom. The molecule has 2 aromatic heterocycles. The maximum atomic E-state index is 5.82. The molecule has 7 heteroatoms. The van der Waals surface area contributed by atoms with Crippen molar-refractivity contribution >= 4 is 28.7 Å². The van der Waals surface area contributed by atoms with Crippen molar-refractivity contribution in [1.82, 2.24) is 19.9 Å². The first-order valence-corrected chi connectivity index (χ1v) is 7.91. The van der Waals surface area contributed by atoms with Crippen LogP contribution in [0.2, 0.25) is 0 Å². The average Bonchev–Trinajstić information content (AvgIpc) is 2.91. The number of thioether (sulfide) groups is 1. The zero-order chi connectivity index (χ0) is 15.5. The first-order chi connectivity index (χ1) is 10.6. The number of anilines is 1. The molecule has 6 nitrogen and oxygen atoms in total. The smallest absolute Gasteiger partial charge is 0.183 e. The van der Waals surface area contributed by atoms with E-state index in [1.807, 2.05) is 6.92 Å². The van der Waals surface area contributed by atoms with Gasteiger partial charge in [0.2, 0.25) is 0 Å². The van der Waals surface area contributed by atoms with E-state index in [0.29, 0.717) is 23.6 Å². The number of fused-ring (bicyclic) bond motifs is 1. The fourth-order valence-electron chi connectivity index (χ4n) is 2.05. The summed E-state index contributed by atoms with van der Waals surface area (Å²) >= 11 is 1.57. The van der Waals surface area contributed by atoms with Crippen molar-refractivity contribution in [3.05, 3.63) is 35.7 Å². The molecule has 0 radical (unpaired) electrons. The van der Waals surface area contributed by atoms with Gasteiger partial charge < -0.3 is 15.5 Å². The number of benzene rings is 1. The van der Waals surface area contributed by atoms with Gasteiger partial charge in [-0.25, -0.2) is 15.0 Å². The highest BCUT2D eigenvalue weighted by Crippen LogP contribution is 2.22. The molecule has 3 N–H and O–H groups in total. The van der Waals surface area contributed by atoms with Crippen molar-refractivity contribution in [3.63, 3.8) is 0 Å². The zero-order valence-electron chi connectivity index (χ0n) is 12.5. The lowest BCUT2D eigenvalue weighted by Crippen LogP contribution is -2.01. The van der Waals surface area contributed by atoms with E-state index in [1.54, 1.807) is 11.8 Å². The van der Waals surface area contributed by atoms with Crippen LogP contribution in [0.3, 0.4) is 0 Å². The molecule has 0 amide bonds. The SMILES string of the molecule is Cc1ccc(C)c(OCCSc2nc3ncnc(N)c3[nH]2)c1. The van der Waals surface area contributed by atoms with E-state index in [9.17, 15) is 0 Å². The number of nitrogens with two attached hydrogens (primary N) is 1. The molecule has 0 saturated heterocycles. The van der Waals surface area contributed by atoms with Gasteiger partial charge in [-0.1, -0.05) is 23.9 Å². The summed E-state index contributed by atoms with van der Waals surface area (Å²) in [6.07, 6.45) is 1.41. The van der Waals surface area contributed by atoms with Crippen molar-refractivity contribution in [2.75, 3.05) is 18.1 Å². The van der Waals surface area contributed by atoms with Crippen LogP contribution in [0, 0.1) is 13.8 Å². The van der Waals surface area contributed by atoms with Crippen LogP contribution in [0.1, 0.15) is 11.1 Å². The van der Waals surface area contributed by atoms with Gasteiger partial charge in [-0.3, -0.25) is 0 Å². The quantitative estimate of drug-likeness (QED) is 0.556. The maximum Gasteiger partial charge on any atom is 0.183 e. The van der Waals surface area contributed by atoms with Crippen LogP contribution in [0.25, 0.3) is 11.2 Å². The second-order valence-electron chi connectivity index (χ2n) is 4.97. The molecule has 22 heavy (non-hydrogen) atoms. The van der Waals surface area contributed by atoms with Gasteiger partial charge in [-0.15, -0.1) is 0 Å². The number of nitrogens with zero attached hydrogens (tertiary/aromatic N) is 3. The fraction of sp³-hybridized carbons (Fsp3) is 0.267. The summed E-state index contributed by atoms with van der Waals surface area (Å²) in [6, 6.07) is 6.20. The topological polar surface area (TPSA) is 89.7 Å². The number of nitrogens with one attached hydrogen (secondary N) is 1. The molecule has 0 atom stereocenters. The number of nitrogen functional groups attached to an aromatic ring is 1. The Kier molecular flexibility index (Phi) is 4.15. The van der Waals surface area contributed by atoms with Gasteiger partial charge in [0.1, 0.15) is 17.6 Å². The van der Waals surface area contributed by atoms with E-state index in [4.69, 9.17) is 10.5 Å². The highest BCUT2D eigenvalue weighted by molar-refractivity contribution is 7.99. The van der Waals surface area contributed by atoms with E-state index in [2.05, 4.69) is 45.1 Å². The standard InChI is InChI=1S/C15H17N5OS/c1-9-3-4-10(2)11(7-9)21-5-6-22-15-19-12-13(16)17-8-18-14(12)20-15/h3-4,7-8H,5-6H2,1-2H3,(H3,16,17,18,19,20). The zero-order valence-corrected chi connectivity index (χ0v) is 13.3. The van der Waals surface area contributed by atoms with Crippen molar-refractivity contribution in [3.8, 4) is 5.75 Å². The number of rotatable bonds is 5. The van der Waals surface area contributed by atoms with Crippen LogP contribution in [0.15, 0.2) is 29.7 Å². The number of hydrogen-bond acceptors (Lipinski definition) is 6. The van der Waals surface area contributed by atoms with Gasteiger partial charge in [-0.05, 0) is 31.0 Å². The summed E-state index contributed by atoms with van der Waals surface area (Å²) in [7, 11) is 0. The van der Waals surface area contributed by atoms with Gasteiger partial charge in [0.15, 0.2) is 16.6 Å². The molecule has 0 fully saturated rings. The summed E-state index contributed by atoms with van der Waals surface area (Å²) in [5, 5.41) is 0.770. The van der Waals surface area contributed by atoms with E-state index in [1.165, 1.54) is 11.9 Å². The molecular formula is C15H17N5OS. The third kappa shape index (κ3) is 3.14. The first-order valence-electron chi connectivity index (χ1n) is 6.92. The molecule has 3 aromatic rings. The molecule has 3 rings (SSSR count). The highest BCUT2D eigenvalue weighted by atomic mass is 32.2. The summed E-state index contributed by atoms with van der Waals surface area (Å²) < 4.78 is 5.82. The van der Waals surface area contributed by atoms with Crippen LogP contribution >= 0.6 is 11.8 Å². The Hall–Kier alpha value is -2.28. The van der Waals surface area contributed by atoms with Crippen LogP contribution in [0.5, 0.6) is 5.75 Å². The van der Waals surface area contributed by atoms with Gasteiger partial charge in [-0.2, -0.15) is 0 Å². The van der Waals surface area contributed by atoms with E-state index in [-0.39, 0.29) is 0 Å². The van der Waals surface area contributed by atoms with Gasteiger partial charge in [0.05, 0.1) is 6.61 Å². The third-order valence-corrected chi connectivity index (χ3v) is 4.06. The predicted octanol–water partition coefficient (Wildman–Crippen LogP) is 2.72. The maximum absolute atomic E-state index is 5.82. The number of ether oxygens (including phenoxy) is 1. The minimum Gasteiger partial charge on any atom is -0.492 e. The Bertz CT molecular complexity index is 802. The Morgan fingerprint density at radius 2 is 2.14 bits per heavy atom. The number of hydrogen-bond donors (Lipinski definition) is 2. The number of aryl methyl sites for hydroxylation is 2. The molecule has 0 aliphatic rings. The van der Waals surface area contributed by atoms with Crippen LogP contribution in [0.4, 0.5) is 5.82 Å². The van der Waals surface area contributed by atoms with Crippen molar-refractivity contribution in [2.45, 2.75) is 19.0 Å². The molecule has 1 aromatic carbocycles. The number of aromatic amines is 1. The normalized spacial score (nSPS) is 11.0. The molecule has 0 bridgehead atoms. The molecule has 0 aliphatic carbocycles. The Balaban J connectivity index is 1.58. The second-order valence-corrected chi connectivity index (χ2v) is 6.05. The minimum atomic E-state index is 0.413. The Morgan fingerprint density at radius 1 is 1.27 bits per heavy atom. The summed E-state index contributed by atoms with van der Waals surface area (Å²) in [6.45, 7) is 4.71. The third-order valence-electron chi connectivity index (χ3n) is 3.22. The van der Waals surface area contributed by atoms with Crippen LogP contribution in [-0.4, -0.2) is 32.3 Å². The molecular weight excluding hydrogens is 298 g/mol. The predicted molar refractivity (Wildman–Crippen MR) is 88.2 cm³/mol. The number of aromatic nitrogens is 4. The highest BCUT2D eigenvalue weighted by Gasteiger charge is 2.08. The summed E-state index contributed by atoms with van der Waals surface area (Å²) in [5.74, 6) is 2.12. The van der Waals surface area contributed by atoms with E-state index in [0.717, 1.165) is 22.2 Å². The van der Waals surface area contributed by atoms with Crippen LogP contribution in [-0.2, 0) is 0 Å². The lowest BCUT2D eigenvalue weighted by atomic mass is 10.1. The van der Waals surface area contributed by atoms with Gasteiger partial charge in [0.25, 0.3) is 0 Å². The Labute approximate surface area is 132 Å². The van der Waals surface area contributed by atoms with Crippen molar-refractivity contribution < 1.29 is 4.74 Å². The minimum absolute atomic E-state index is 0.413. The molecule has 2 heterocycles. The van der Waals surface area contributed by atoms with E-state index >= 15 is 0 Å². The van der Waals surface area contributed by atoms with Gasteiger partial charge in [0, 0.05) is 5.75 Å². The largest absolute Gasteiger partial charge is 0.492 e. The van der Waals surface area contributed by atoms with Crippen molar-refractivity contribution in [1.29, 1.82) is 0 Å². The first kappa shape index (κ1) is 14.6. The van der Waals surface area contributed by atoms with Crippen molar-refractivity contribution in [2.24, 2.45) is 0 Å². The summed E-state index contributed by atoms with van der Waals surface area (Å²) in [4.78, 5) is 15.5. The van der Waals surface area contributed by atoms with Gasteiger partial charge >= 0.3 is 0 Å². The monoisotopic (exact) mass is 315 g/mol. The number of imidazole rings is 1. The molecule has 0 unspecified atom stereocenters. The fourth-order valence-corrected chi connectivity index (χ4v) is 2.73. The lowest BCUT2D eigenvalue weighted by molar-refractivity contribution is 0.341. The van der Waals surface area contributed by atoms with Crippen LogP contribution < -0.4 is 10.5 Å². The summed E-state index contributed by atoms with van der Waals surface area (Å²) in [5.41, 5.74) is 9.38. The average molecular weight is 315 g/mol. The number of H-pyrrole nitrogens is 1. The molecule has 0 saturated carbocycles. The molecule has 0 spiro atoms. The second kappa shape index (κ2) is 6.23.